The summed E-state index contributed by atoms with van der Waals surface area (Å²) < 4.78 is 25.2. The van der Waals surface area contributed by atoms with Gasteiger partial charge in [0.05, 0.1) is 41.4 Å². The smallest absolute Gasteiger partial charge is 0.123 e. The number of nitrogens with zero attached hydrogens (tertiary/aromatic N) is 5. The number of aromatic nitrogens is 4. The van der Waals surface area contributed by atoms with E-state index in [2.05, 4.69) is 51.1 Å². The van der Waals surface area contributed by atoms with Crippen molar-refractivity contribution in [3.8, 4) is 6.07 Å². The molecule has 0 saturated heterocycles. The van der Waals surface area contributed by atoms with Crippen LogP contribution < -0.4 is 10.6 Å². The zero-order chi connectivity index (χ0) is 28.6. The summed E-state index contributed by atoms with van der Waals surface area (Å²) in [6.07, 6.45) is 5.31. The number of hydrogen-bond donors (Lipinski definition) is 2. The summed E-state index contributed by atoms with van der Waals surface area (Å²) in [6, 6.07) is 20.3. The van der Waals surface area contributed by atoms with E-state index < -0.39 is 11.8 Å². The van der Waals surface area contributed by atoms with Gasteiger partial charge in [0.25, 0.3) is 0 Å². The van der Waals surface area contributed by atoms with Gasteiger partial charge >= 0.3 is 0 Å². The molecular formula is C31H27ClFN7. The van der Waals surface area contributed by atoms with E-state index in [1.807, 2.05) is 24.3 Å². The first-order valence-corrected chi connectivity index (χ1v) is 13.5. The van der Waals surface area contributed by atoms with Crippen molar-refractivity contribution in [3.05, 3.63) is 112 Å². The van der Waals surface area contributed by atoms with Crippen molar-refractivity contribution in [3.63, 3.8) is 0 Å². The molecule has 0 radical (unpaired) electrons. The fraction of sp³-hybridized carbons (Fsp3) is 0.226. The summed E-state index contributed by atoms with van der Waals surface area (Å²) in [4.78, 5) is 4.45. The first kappa shape index (κ1) is 24.6. The highest BCUT2D eigenvalue weighted by Gasteiger charge is 2.27. The average Bonchev–Trinajstić information content (AvgIpc) is 3.71. The van der Waals surface area contributed by atoms with Crippen LogP contribution in [0.3, 0.4) is 0 Å². The standard InChI is InChI=1S/C31H27ClFN7/c1-19(20-5-3-2-4-6-20)16-35-29-22(15-34)17-36-31-26(29)13-24(14-27(31)32)37-30(21-7-9-23(33)10-8-21)28-18-40(39-38-28)25-11-12-25/h2-10,13-14,17-19,25,30,37H,11-12,16H2,1H3,(H,35,36)/t19-,30?/m1/s1/i30D. The summed E-state index contributed by atoms with van der Waals surface area (Å²) >= 11 is 6.73. The van der Waals surface area contributed by atoms with Crippen LogP contribution >= 0.6 is 11.6 Å². The summed E-state index contributed by atoms with van der Waals surface area (Å²) in [7, 11) is 0. The number of nitriles is 1. The predicted molar refractivity (Wildman–Crippen MR) is 155 cm³/mol. The van der Waals surface area contributed by atoms with Crippen molar-refractivity contribution in [2.24, 2.45) is 0 Å². The Morgan fingerprint density at radius 2 is 1.93 bits per heavy atom. The SMILES string of the molecule is [2H]C(Nc1cc(Cl)c2ncc(C#N)c(NC[C@@H](C)c3ccccc3)c2c1)(c1ccc(F)cc1)c1cn(C2CC2)nn1. The fourth-order valence-corrected chi connectivity index (χ4v) is 4.98. The lowest BCUT2D eigenvalue weighted by Gasteiger charge is -2.20. The van der Waals surface area contributed by atoms with Crippen LogP contribution in [-0.4, -0.2) is 26.5 Å². The van der Waals surface area contributed by atoms with Crippen LogP contribution in [0.5, 0.6) is 0 Å². The maximum atomic E-state index is 13.8. The highest BCUT2D eigenvalue weighted by Crippen LogP contribution is 2.37. The Bertz CT molecular complexity index is 1750. The first-order chi connectivity index (χ1) is 19.9. The van der Waals surface area contributed by atoms with Crippen molar-refractivity contribution >= 4 is 33.9 Å². The number of fused-ring (bicyclic) bond motifs is 1. The molecule has 2 atom stereocenters. The normalized spacial score (nSPS) is 15.6. The first-order valence-electron chi connectivity index (χ1n) is 13.6. The lowest BCUT2D eigenvalue weighted by molar-refractivity contribution is 0.610. The highest BCUT2D eigenvalue weighted by atomic mass is 35.5. The molecule has 0 spiro atoms. The molecule has 0 amide bonds. The molecule has 3 aromatic carbocycles. The third-order valence-corrected chi connectivity index (χ3v) is 7.38. The molecule has 2 heterocycles. The molecule has 6 rings (SSSR count). The lowest BCUT2D eigenvalue weighted by Crippen LogP contribution is -2.14. The fourth-order valence-electron chi connectivity index (χ4n) is 4.72. The van der Waals surface area contributed by atoms with Crippen LogP contribution in [0.15, 0.2) is 79.1 Å². The van der Waals surface area contributed by atoms with E-state index in [9.17, 15) is 11.0 Å². The molecule has 1 unspecified atom stereocenters. The van der Waals surface area contributed by atoms with Crippen LogP contribution in [0.2, 0.25) is 5.02 Å². The van der Waals surface area contributed by atoms with Crippen LogP contribution in [0.4, 0.5) is 15.8 Å². The molecule has 200 valence electrons. The Labute approximate surface area is 238 Å². The molecule has 5 aromatic rings. The monoisotopic (exact) mass is 552 g/mol. The van der Waals surface area contributed by atoms with E-state index >= 15 is 0 Å². The molecule has 1 saturated carbocycles. The largest absolute Gasteiger partial charge is 0.383 e. The van der Waals surface area contributed by atoms with Gasteiger partial charge in [-0.25, -0.2) is 9.07 Å². The van der Waals surface area contributed by atoms with Gasteiger partial charge in [-0.15, -0.1) is 5.10 Å². The molecule has 1 fully saturated rings. The Hall–Kier alpha value is -4.48. The average molecular weight is 553 g/mol. The van der Waals surface area contributed by atoms with Crippen molar-refractivity contribution in [2.75, 3.05) is 17.2 Å². The number of nitrogens with one attached hydrogen (secondary N) is 2. The summed E-state index contributed by atoms with van der Waals surface area (Å²) in [6.45, 7) is 2.69. The van der Waals surface area contributed by atoms with Gasteiger partial charge in [0.2, 0.25) is 0 Å². The minimum atomic E-state index is -1.60. The van der Waals surface area contributed by atoms with E-state index in [1.165, 1.54) is 23.9 Å². The second-order valence-electron chi connectivity index (χ2n) is 10.0. The van der Waals surface area contributed by atoms with E-state index in [-0.39, 0.29) is 12.0 Å². The molecule has 7 nitrogen and oxygen atoms in total. The molecule has 1 aliphatic carbocycles. The maximum Gasteiger partial charge on any atom is 0.123 e. The van der Waals surface area contributed by atoms with Gasteiger partial charge in [0.15, 0.2) is 0 Å². The highest BCUT2D eigenvalue weighted by molar-refractivity contribution is 6.35. The number of anilines is 2. The van der Waals surface area contributed by atoms with Gasteiger partial charge in [0.1, 0.15) is 17.6 Å². The van der Waals surface area contributed by atoms with E-state index in [4.69, 9.17) is 11.6 Å². The quantitative estimate of drug-likeness (QED) is 0.200. The zero-order valence-corrected chi connectivity index (χ0v) is 22.5. The van der Waals surface area contributed by atoms with Gasteiger partial charge in [-0.2, -0.15) is 5.26 Å². The van der Waals surface area contributed by atoms with E-state index in [0.29, 0.717) is 50.7 Å². The summed E-state index contributed by atoms with van der Waals surface area (Å²) in [5.41, 5.74) is 4.07. The number of benzene rings is 3. The van der Waals surface area contributed by atoms with Gasteiger partial charge < -0.3 is 10.6 Å². The molecule has 9 heteroatoms. The minimum absolute atomic E-state index is 0.177. The van der Waals surface area contributed by atoms with Gasteiger partial charge in [0, 0.05) is 23.8 Å². The molecule has 0 aliphatic heterocycles. The number of rotatable bonds is 9. The third-order valence-electron chi connectivity index (χ3n) is 7.09. The predicted octanol–water partition coefficient (Wildman–Crippen LogP) is 7.24. The van der Waals surface area contributed by atoms with E-state index in [1.54, 1.807) is 29.1 Å². The molecule has 2 N–H and O–H groups in total. The Balaban J connectivity index is 1.40. The molecule has 0 bridgehead atoms. The maximum absolute atomic E-state index is 13.8. The zero-order valence-electron chi connectivity index (χ0n) is 22.8. The number of pyridine rings is 1. The van der Waals surface area contributed by atoms with Crippen molar-refractivity contribution in [1.82, 2.24) is 20.0 Å². The van der Waals surface area contributed by atoms with Crippen molar-refractivity contribution < 1.29 is 5.76 Å². The van der Waals surface area contributed by atoms with Crippen molar-refractivity contribution in [2.45, 2.75) is 37.7 Å². The van der Waals surface area contributed by atoms with Gasteiger partial charge in [-0.1, -0.05) is 66.2 Å². The van der Waals surface area contributed by atoms with Gasteiger partial charge in [-0.3, -0.25) is 4.98 Å². The lowest BCUT2D eigenvalue weighted by atomic mass is 10.0. The van der Waals surface area contributed by atoms with Gasteiger partial charge in [-0.05, 0) is 54.2 Å². The van der Waals surface area contributed by atoms with Crippen LogP contribution in [0.1, 0.15) is 61.5 Å². The Kier molecular flexibility index (Phi) is 6.72. The second kappa shape index (κ2) is 10.9. The molecule has 40 heavy (non-hydrogen) atoms. The van der Waals surface area contributed by atoms with Crippen molar-refractivity contribution in [1.29, 1.82) is 5.26 Å². The summed E-state index contributed by atoms with van der Waals surface area (Å²) in [5, 5.41) is 26.2. The van der Waals surface area contributed by atoms with E-state index in [0.717, 1.165) is 12.8 Å². The van der Waals surface area contributed by atoms with Crippen LogP contribution in [-0.2, 0) is 0 Å². The molecular weight excluding hydrogens is 525 g/mol. The number of halogens is 2. The second-order valence-corrected chi connectivity index (χ2v) is 10.4. The minimum Gasteiger partial charge on any atom is -0.383 e. The molecule has 1 aliphatic rings. The number of hydrogen-bond acceptors (Lipinski definition) is 6. The Morgan fingerprint density at radius 3 is 2.65 bits per heavy atom. The van der Waals surface area contributed by atoms with Crippen LogP contribution in [0, 0.1) is 17.1 Å². The summed E-state index contributed by atoms with van der Waals surface area (Å²) in [5.74, 6) is -0.224. The third kappa shape index (κ3) is 5.33. The topological polar surface area (TPSA) is 91.5 Å². The Morgan fingerprint density at radius 1 is 1.15 bits per heavy atom. The molecule has 2 aromatic heterocycles. The van der Waals surface area contributed by atoms with Crippen LogP contribution in [0.25, 0.3) is 10.9 Å².